The fourth-order valence-electron chi connectivity index (χ4n) is 4.55. The van der Waals surface area contributed by atoms with Gasteiger partial charge in [0.05, 0.1) is 12.1 Å². The van der Waals surface area contributed by atoms with E-state index in [9.17, 15) is 4.79 Å². The minimum Gasteiger partial charge on any atom is -0.445 e. The van der Waals surface area contributed by atoms with E-state index < -0.39 is 6.09 Å². The first-order valence-corrected chi connectivity index (χ1v) is 13.1. The molecule has 1 aliphatic rings. The third-order valence-corrected chi connectivity index (χ3v) is 6.94. The molecule has 4 aromatic carbocycles. The Bertz CT molecular complexity index is 1410. The largest absolute Gasteiger partial charge is 0.445 e. The second kappa shape index (κ2) is 11.8. The normalized spacial score (nSPS) is 15.9. The van der Waals surface area contributed by atoms with Gasteiger partial charge < -0.3 is 15.4 Å². The maximum absolute atomic E-state index is 12.8. The van der Waals surface area contributed by atoms with E-state index in [0.29, 0.717) is 12.8 Å². The maximum Gasteiger partial charge on any atom is 0.407 e. The van der Waals surface area contributed by atoms with E-state index in [2.05, 4.69) is 62.7 Å². The molecule has 1 amide bonds. The summed E-state index contributed by atoms with van der Waals surface area (Å²) in [6.45, 7) is 0.232. The number of ether oxygens (including phenoxy) is 1. The molecule has 4 aromatic rings. The quantitative estimate of drug-likeness (QED) is 0.252. The number of hydrogen-bond acceptors (Lipinski definition) is 3. The molecule has 2 atom stereocenters. The van der Waals surface area contributed by atoms with Crippen molar-refractivity contribution in [1.29, 1.82) is 0 Å². The number of alkyl carbamates (subject to hydrolysis) is 1. The molecule has 0 fully saturated rings. The maximum atomic E-state index is 12.8. The number of rotatable bonds is 5. The standard InChI is InChI=1S/C32H27BrN2O2/c33-27-19-17-25(18-20-27)29-21-30(35-32(36)37-22-24-11-5-2-6-12-24)28-16-8-15-26(31(28)34-29)14-7-13-23-9-3-1-4-10-23/h1-6,8-12,15-20,29-30,34H,14,21-22H2,(H,35,36)/t29-,30-/m0/s1. The predicted molar refractivity (Wildman–Crippen MR) is 151 cm³/mol. The highest BCUT2D eigenvalue weighted by molar-refractivity contribution is 9.10. The Morgan fingerprint density at radius 1 is 0.919 bits per heavy atom. The van der Waals surface area contributed by atoms with Gasteiger partial charge in [-0.3, -0.25) is 0 Å². The van der Waals surface area contributed by atoms with Crippen molar-refractivity contribution in [2.24, 2.45) is 0 Å². The van der Waals surface area contributed by atoms with Crippen LogP contribution >= 0.6 is 15.9 Å². The highest BCUT2D eigenvalue weighted by Gasteiger charge is 2.30. The molecule has 0 saturated heterocycles. The Kier molecular flexibility index (Phi) is 7.88. The molecular formula is C32H27BrN2O2. The summed E-state index contributed by atoms with van der Waals surface area (Å²) in [5.74, 6) is 6.57. The predicted octanol–water partition coefficient (Wildman–Crippen LogP) is 7.57. The fourth-order valence-corrected chi connectivity index (χ4v) is 4.82. The number of benzene rings is 4. The SMILES string of the molecule is O=C(N[C@H]1C[C@@H](c2ccc(Br)cc2)Nc2c(CC#Cc3ccccc3)cccc21)OCc1ccccc1. The lowest BCUT2D eigenvalue weighted by Crippen LogP contribution is -2.35. The summed E-state index contributed by atoms with van der Waals surface area (Å²) in [5, 5.41) is 6.86. The number of halogens is 1. The van der Waals surface area contributed by atoms with E-state index in [4.69, 9.17) is 4.74 Å². The Labute approximate surface area is 226 Å². The summed E-state index contributed by atoms with van der Waals surface area (Å²) in [5.41, 5.74) is 6.28. The van der Waals surface area contributed by atoms with E-state index in [0.717, 1.165) is 38.0 Å². The monoisotopic (exact) mass is 550 g/mol. The van der Waals surface area contributed by atoms with Crippen LogP contribution in [0.3, 0.4) is 0 Å². The lowest BCUT2D eigenvalue weighted by atomic mass is 9.87. The Hall–Kier alpha value is -4.01. The van der Waals surface area contributed by atoms with Gasteiger partial charge in [0.1, 0.15) is 6.61 Å². The van der Waals surface area contributed by atoms with Crippen LogP contribution in [0.5, 0.6) is 0 Å². The second-order valence-electron chi connectivity index (χ2n) is 8.97. The summed E-state index contributed by atoms with van der Waals surface area (Å²) < 4.78 is 6.58. The third kappa shape index (κ3) is 6.41. The van der Waals surface area contributed by atoms with Crippen LogP contribution in [0.25, 0.3) is 0 Å². The van der Waals surface area contributed by atoms with Crippen LogP contribution in [0.15, 0.2) is 108 Å². The Morgan fingerprint density at radius 2 is 1.65 bits per heavy atom. The molecule has 184 valence electrons. The molecule has 0 saturated carbocycles. The van der Waals surface area contributed by atoms with Crippen molar-refractivity contribution in [2.75, 3.05) is 5.32 Å². The topological polar surface area (TPSA) is 50.4 Å². The van der Waals surface area contributed by atoms with Crippen molar-refractivity contribution in [3.8, 4) is 11.8 Å². The number of amides is 1. The molecule has 0 spiro atoms. The van der Waals surface area contributed by atoms with Crippen LogP contribution in [0.2, 0.25) is 0 Å². The van der Waals surface area contributed by atoms with Crippen molar-refractivity contribution in [3.63, 3.8) is 0 Å². The van der Waals surface area contributed by atoms with Gasteiger partial charge in [-0.2, -0.15) is 0 Å². The van der Waals surface area contributed by atoms with Gasteiger partial charge in [0.25, 0.3) is 0 Å². The van der Waals surface area contributed by atoms with Gasteiger partial charge in [-0.25, -0.2) is 4.79 Å². The van der Waals surface area contributed by atoms with Gasteiger partial charge in [-0.05, 0) is 52.9 Å². The zero-order chi connectivity index (χ0) is 25.5. The molecule has 0 radical (unpaired) electrons. The second-order valence-corrected chi connectivity index (χ2v) is 9.88. The highest BCUT2D eigenvalue weighted by Crippen LogP contribution is 2.41. The molecule has 4 nitrogen and oxygen atoms in total. The molecule has 1 aliphatic heterocycles. The number of carbonyl (C=O) groups excluding carboxylic acids is 1. The highest BCUT2D eigenvalue weighted by atomic mass is 79.9. The zero-order valence-electron chi connectivity index (χ0n) is 20.3. The minimum absolute atomic E-state index is 0.0308. The molecule has 37 heavy (non-hydrogen) atoms. The molecule has 1 heterocycles. The number of carbonyl (C=O) groups is 1. The van der Waals surface area contributed by atoms with Crippen molar-refractivity contribution < 1.29 is 9.53 Å². The van der Waals surface area contributed by atoms with Crippen LogP contribution in [0, 0.1) is 11.8 Å². The first-order valence-electron chi connectivity index (χ1n) is 12.3. The number of anilines is 1. The first kappa shape index (κ1) is 24.7. The van der Waals surface area contributed by atoms with Gasteiger partial charge >= 0.3 is 6.09 Å². The number of para-hydroxylation sites is 1. The fraction of sp³-hybridized carbons (Fsp3) is 0.156. The Balaban J connectivity index is 1.39. The zero-order valence-corrected chi connectivity index (χ0v) is 21.9. The first-order chi connectivity index (χ1) is 18.2. The number of hydrogen-bond donors (Lipinski definition) is 2. The van der Waals surface area contributed by atoms with E-state index in [-0.39, 0.29) is 18.7 Å². The average molecular weight is 551 g/mol. The lowest BCUT2D eigenvalue weighted by Gasteiger charge is -2.35. The van der Waals surface area contributed by atoms with E-state index in [1.165, 1.54) is 0 Å². The van der Waals surface area contributed by atoms with Crippen molar-refractivity contribution in [1.82, 2.24) is 5.32 Å². The summed E-state index contributed by atoms with van der Waals surface area (Å²) in [7, 11) is 0. The van der Waals surface area contributed by atoms with Gasteiger partial charge in [0.15, 0.2) is 0 Å². The van der Waals surface area contributed by atoms with E-state index in [1.54, 1.807) is 0 Å². The van der Waals surface area contributed by atoms with Crippen LogP contribution in [0.1, 0.15) is 46.3 Å². The van der Waals surface area contributed by atoms with Crippen molar-refractivity contribution in [3.05, 3.63) is 135 Å². The molecule has 2 N–H and O–H groups in total. The van der Waals surface area contributed by atoms with Crippen LogP contribution in [-0.2, 0) is 17.8 Å². The van der Waals surface area contributed by atoms with Crippen molar-refractivity contribution >= 4 is 27.7 Å². The average Bonchev–Trinajstić information content (AvgIpc) is 2.94. The smallest absolute Gasteiger partial charge is 0.407 e. The summed E-state index contributed by atoms with van der Waals surface area (Å²) in [6, 6.07) is 34.0. The summed E-state index contributed by atoms with van der Waals surface area (Å²) >= 11 is 3.53. The Morgan fingerprint density at radius 3 is 2.41 bits per heavy atom. The van der Waals surface area contributed by atoms with Crippen molar-refractivity contribution in [2.45, 2.75) is 31.5 Å². The van der Waals surface area contributed by atoms with Gasteiger partial charge in [-0.15, -0.1) is 0 Å². The molecule has 5 rings (SSSR count). The third-order valence-electron chi connectivity index (χ3n) is 6.41. The molecule has 0 bridgehead atoms. The number of fused-ring (bicyclic) bond motifs is 1. The molecule has 5 heteroatoms. The summed E-state index contributed by atoms with van der Waals surface area (Å²) in [4.78, 5) is 12.8. The van der Waals surface area contributed by atoms with Gasteiger partial charge in [-0.1, -0.05) is 107 Å². The number of nitrogens with one attached hydrogen (secondary N) is 2. The minimum atomic E-state index is -0.425. The van der Waals surface area contributed by atoms with Gasteiger partial charge in [0.2, 0.25) is 0 Å². The van der Waals surface area contributed by atoms with Crippen LogP contribution < -0.4 is 10.6 Å². The lowest BCUT2D eigenvalue weighted by molar-refractivity contribution is 0.134. The van der Waals surface area contributed by atoms with Crippen LogP contribution in [-0.4, -0.2) is 6.09 Å². The molecule has 0 aliphatic carbocycles. The molecule has 0 aromatic heterocycles. The summed E-state index contributed by atoms with van der Waals surface area (Å²) in [6.07, 6.45) is 0.878. The van der Waals surface area contributed by atoms with E-state index >= 15 is 0 Å². The molecular weight excluding hydrogens is 524 g/mol. The molecule has 0 unspecified atom stereocenters. The van der Waals surface area contributed by atoms with E-state index in [1.807, 2.05) is 78.9 Å². The van der Waals surface area contributed by atoms with Crippen LogP contribution in [0.4, 0.5) is 10.5 Å². The van der Waals surface area contributed by atoms with Gasteiger partial charge in [0, 0.05) is 22.1 Å².